The Hall–Kier alpha value is -1.79. The molecule has 0 N–H and O–H groups in total. The lowest BCUT2D eigenvalue weighted by molar-refractivity contribution is 0.701. The van der Waals surface area contributed by atoms with Crippen LogP contribution < -0.4 is 5.56 Å². The molecule has 18 heavy (non-hydrogen) atoms. The lowest BCUT2D eigenvalue weighted by Gasteiger charge is -2.03. The molecule has 0 saturated carbocycles. The number of rotatable bonds is 2. The van der Waals surface area contributed by atoms with Crippen LogP contribution in [0.25, 0.3) is 10.2 Å². The highest BCUT2D eigenvalue weighted by Gasteiger charge is 2.08. The second-order valence-corrected chi connectivity index (χ2v) is 4.87. The Morgan fingerprint density at radius 2 is 2.22 bits per heavy atom. The summed E-state index contributed by atoms with van der Waals surface area (Å²) in [6.45, 7) is 0.264. The van der Waals surface area contributed by atoms with E-state index in [0.717, 1.165) is 10.2 Å². The van der Waals surface area contributed by atoms with Gasteiger partial charge >= 0.3 is 0 Å². The average Bonchev–Trinajstić information content (AvgIpc) is 2.81. The standard InChI is InChI=1S/C11H7ClN4OS/c12-10-7-2-4-18-11(7)15-8(14-10)5-16-6-13-3-1-9(16)17/h1-4,6H,5H2. The van der Waals surface area contributed by atoms with E-state index in [9.17, 15) is 4.79 Å². The fourth-order valence-electron chi connectivity index (χ4n) is 1.58. The van der Waals surface area contributed by atoms with E-state index >= 15 is 0 Å². The number of hydrogen-bond donors (Lipinski definition) is 0. The Morgan fingerprint density at radius 3 is 3.06 bits per heavy atom. The zero-order valence-corrected chi connectivity index (χ0v) is 10.6. The number of halogens is 1. The van der Waals surface area contributed by atoms with Gasteiger partial charge in [-0.25, -0.2) is 15.0 Å². The molecule has 0 aliphatic heterocycles. The predicted molar refractivity (Wildman–Crippen MR) is 70.0 cm³/mol. The van der Waals surface area contributed by atoms with E-state index in [1.165, 1.54) is 34.5 Å². The molecule has 0 amide bonds. The predicted octanol–water partition coefficient (Wildman–Crippen LogP) is 1.95. The smallest absolute Gasteiger partial charge is 0.253 e. The van der Waals surface area contributed by atoms with Crippen molar-refractivity contribution in [2.24, 2.45) is 0 Å². The van der Waals surface area contributed by atoms with Gasteiger partial charge < -0.3 is 0 Å². The van der Waals surface area contributed by atoms with Crippen LogP contribution in [0, 0.1) is 0 Å². The van der Waals surface area contributed by atoms with Crippen molar-refractivity contribution in [1.29, 1.82) is 0 Å². The van der Waals surface area contributed by atoms with E-state index in [1.54, 1.807) is 0 Å². The van der Waals surface area contributed by atoms with Crippen LogP contribution in [-0.2, 0) is 6.54 Å². The summed E-state index contributed by atoms with van der Waals surface area (Å²) in [6, 6.07) is 3.27. The number of nitrogens with zero attached hydrogens (tertiary/aromatic N) is 4. The zero-order chi connectivity index (χ0) is 12.5. The lowest BCUT2D eigenvalue weighted by atomic mass is 10.4. The Balaban J connectivity index is 2.05. The highest BCUT2D eigenvalue weighted by atomic mass is 35.5. The molecule has 5 nitrogen and oxygen atoms in total. The van der Waals surface area contributed by atoms with Gasteiger partial charge in [-0.15, -0.1) is 11.3 Å². The van der Waals surface area contributed by atoms with Gasteiger partial charge in [0.2, 0.25) is 0 Å². The van der Waals surface area contributed by atoms with Gasteiger partial charge in [0.15, 0.2) is 5.82 Å². The lowest BCUT2D eigenvalue weighted by Crippen LogP contribution is -2.20. The van der Waals surface area contributed by atoms with Gasteiger partial charge in [-0.1, -0.05) is 11.6 Å². The Bertz CT molecular complexity index is 767. The number of fused-ring (bicyclic) bond motifs is 1. The molecule has 0 radical (unpaired) electrons. The molecule has 0 saturated heterocycles. The first-order valence-corrected chi connectivity index (χ1v) is 6.40. The summed E-state index contributed by atoms with van der Waals surface area (Å²) < 4.78 is 1.44. The highest BCUT2D eigenvalue weighted by Crippen LogP contribution is 2.24. The second-order valence-electron chi connectivity index (χ2n) is 3.62. The molecular formula is C11H7ClN4OS. The fraction of sp³-hybridized carbons (Fsp3) is 0.0909. The molecule has 0 unspecified atom stereocenters. The molecule has 0 aliphatic rings. The SMILES string of the molecule is O=c1ccncn1Cc1nc(Cl)c2ccsc2n1. The van der Waals surface area contributed by atoms with Gasteiger partial charge in [-0.3, -0.25) is 9.36 Å². The third kappa shape index (κ3) is 2.00. The normalized spacial score (nSPS) is 10.9. The summed E-state index contributed by atoms with van der Waals surface area (Å²) >= 11 is 7.55. The van der Waals surface area contributed by atoms with Gasteiger partial charge in [0.05, 0.1) is 12.9 Å². The van der Waals surface area contributed by atoms with Crippen molar-refractivity contribution in [3.05, 3.63) is 51.4 Å². The first kappa shape index (κ1) is 11.3. The molecule has 3 aromatic heterocycles. The minimum absolute atomic E-state index is 0.143. The van der Waals surface area contributed by atoms with Crippen LogP contribution in [0.1, 0.15) is 5.82 Å². The molecule has 0 atom stereocenters. The van der Waals surface area contributed by atoms with E-state index < -0.39 is 0 Å². The van der Waals surface area contributed by atoms with Crippen LogP contribution >= 0.6 is 22.9 Å². The number of hydrogen-bond acceptors (Lipinski definition) is 5. The van der Waals surface area contributed by atoms with Gasteiger partial charge in [0, 0.05) is 17.6 Å². The van der Waals surface area contributed by atoms with E-state index in [0.29, 0.717) is 11.0 Å². The molecule has 0 spiro atoms. The summed E-state index contributed by atoms with van der Waals surface area (Å²) in [6.07, 6.45) is 2.91. The maximum absolute atomic E-state index is 11.6. The zero-order valence-electron chi connectivity index (χ0n) is 9.08. The highest BCUT2D eigenvalue weighted by molar-refractivity contribution is 7.16. The average molecular weight is 279 g/mol. The van der Waals surface area contributed by atoms with Crippen molar-refractivity contribution in [1.82, 2.24) is 19.5 Å². The van der Waals surface area contributed by atoms with Crippen molar-refractivity contribution < 1.29 is 0 Å². The summed E-state index contributed by atoms with van der Waals surface area (Å²) in [5, 5.41) is 3.16. The van der Waals surface area contributed by atoms with Gasteiger partial charge in [-0.2, -0.15) is 0 Å². The van der Waals surface area contributed by atoms with Crippen molar-refractivity contribution in [2.75, 3.05) is 0 Å². The van der Waals surface area contributed by atoms with E-state index in [1.807, 2.05) is 11.4 Å². The largest absolute Gasteiger partial charge is 0.292 e. The van der Waals surface area contributed by atoms with Crippen molar-refractivity contribution in [3.8, 4) is 0 Å². The monoisotopic (exact) mass is 278 g/mol. The van der Waals surface area contributed by atoms with Crippen molar-refractivity contribution in [2.45, 2.75) is 6.54 Å². The molecule has 0 bridgehead atoms. The van der Waals surface area contributed by atoms with E-state index in [2.05, 4.69) is 15.0 Å². The third-order valence-electron chi connectivity index (χ3n) is 2.43. The second kappa shape index (κ2) is 4.47. The van der Waals surface area contributed by atoms with E-state index in [4.69, 9.17) is 11.6 Å². The van der Waals surface area contributed by atoms with Gasteiger partial charge in [-0.05, 0) is 11.4 Å². The topological polar surface area (TPSA) is 60.7 Å². The Labute approximate surface area is 111 Å². The molecule has 0 aliphatic carbocycles. The maximum Gasteiger partial charge on any atom is 0.253 e. The molecule has 90 valence electrons. The molecule has 3 rings (SSSR count). The molecule has 0 aromatic carbocycles. The molecule has 0 fully saturated rings. The summed E-state index contributed by atoms with van der Waals surface area (Å²) in [5.41, 5.74) is -0.143. The number of thiophene rings is 1. The maximum atomic E-state index is 11.6. The van der Waals surface area contributed by atoms with Crippen molar-refractivity contribution in [3.63, 3.8) is 0 Å². The Kier molecular flexibility index (Phi) is 2.81. The quantitative estimate of drug-likeness (QED) is 0.672. The van der Waals surface area contributed by atoms with Crippen LogP contribution in [0.3, 0.4) is 0 Å². The molecule has 3 heterocycles. The van der Waals surface area contributed by atoms with Crippen molar-refractivity contribution >= 4 is 33.2 Å². The molecule has 3 aromatic rings. The van der Waals surface area contributed by atoms with Crippen LogP contribution in [-0.4, -0.2) is 19.5 Å². The first-order valence-electron chi connectivity index (χ1n) is 5.14. The fourth-order valence-corrected chi connectivity index (χ4v) is 2.67. The van der Waals surface area contributed by atoms with Crippen LogP contribution in [0.4, 0.5) is 0 Å². The summed E-state index contributed by atoms with van der Waals surface area (Å²) in [5.74, 6) is 0.505. The first-order chi connectivity index (χ1) is 8.74. The molecule has 7 heteroatoms. The Morgan fingerprint density at radius 1 is 1.33 bits per heavy atom. The van der Waals surface area contributed by atoms with Gasteiger partial charge in [0.1, 0.15) is 9.98 Å². The third-order valence-corrected chi connectivity index (χ3v) is 3.52. The minimum Gasteiger partial charge on any atom is -0.292 e. The minimum atomic E-state index is -0.143. The summed E-state index contributed by atoms with van der Waals surface area (Å²) in [4.78, 5) is 24.8. The molecular weight excluding hydrogens is 272 g/mol. The summed E-state index contributed by atoms with van der Waals surface area (Å²) in [7, 11) is 0. The number of aromatic nitrogens is 4. The van der Waals surface area contributed by atoms with Crippen LogP contribution in [0.15, 0.2) is 34.8 Å². The van der Waals surface area contributed by atoms with Crippen LogP contribution in [0.2, 0.25) is 5.15 Å². The van der Waals surface area contributed by atoms with Gasteiger partial charge in [0.25, 0.3) is 5.56 Å². The van der Waals surface area contributed by atoms with Crippen LogP contribution in [0.5, 0.6) is 0 Å². The van der Waals surface area contributed by atoms with E-state index in [-0.39, 0.29) is 12.1 Å².